The fourth-order valence-corrected chi connectivity index (χ4v) is 7.23. The summed E-state index contributed by atoms with van der Waals surface area (Å²) in [6, 6.07) is 47.2. The topological polar surface area (TPSA) is 38.9 Å². The van der Waals surface area contributed by atoms with Gasteiger partial charge in [-0.05, 0) is 63.7 Å². The minimum Gasteiger partial charge on any atom is -0.436 e. The molecule has 3 aromatic heterocycles. The van der Waals surface area contributed by atoms with E-state index >= 15 is 0 Å². The SMILES string of the molecule is c1ccc2nc3c(nc2c1)oc1ccc(-c2ccc(-c4ccc(-c5cccc6c5sc5ccccc56)cc4)cc2)cc13. The first-order chi connectivity index (χ1) is 20.8. The molecule has 3 nitrogen and oxygen atoms in total. The van der Waals surface area contributed by atoms with Gasteiger partial charge in [0.2, 0.25) is 5.71 Å². The highest BCUT2D eigenvalue weighted by atomic mass is 32.1. The molecule has 0 fully saturated rings. The van der Waals surface area contributed by atoms with Crippen molar-refractivity contribution in [2.45, 2.75) is 0 Å². The molecular weight excluding hydrogens is 532 g/mol. The zero-order chi connectivity index (χ0) is 27.6. The number of aromatic nitrogens is 2. The van der Waals surface area contributed by atoms with Gasteiger partial charge in [0.1, 0.15) is 11.1 Å². The molecule has 0 spiro atoms. The van der Waals surface area contributed by atoms with Crippen molar-refractivity contribution < 1.29 is 4.42 Å². The fourth-order valence-electron chi connectivity index (χ4n) is 5.99. The number of benzene rings is 6. The first-order valence-electron chi connectivity index (χ1n) is 14.0. The van der Waals surface area contributed by atoms with Crippen LogP contribution in [0.2, 0.25) is 0 Å². The molecular formula is C38H22N2OS. The Morgan fingerprint density at radius 1 is 0.476 bits per heavy atom. The van der Waals surface area contributed by atoms with Gasteiger partial charge in [-0.15, -0.1) is 11.3 Å². The summed E-state index contributed by atoms with van der Waals surface area (Å²) in [6.07, 6.45) is 0. The lowest BCUT2D eigenvalue weighted by Crippen LogP contribution is -1.84. The fraction of sp³-hybridized carbons (Fsp3) is 0. The zero-order valence-corrected chi connectivity index (χ0v) is 23.2. The first-order valence-corrected chi connectivity index (χ1v) is 14.8. The summed E-state index contributed by atoms with van der Waals surface area (Å²) in [6.45, 7) is 0. The molecule has 196 valence electrons. The van der Waals surface area contributed by atoms with Gasteiger partial charge < -0.3 is 4.42 Å². The standard InChI is InChI=1S/C38H22N2OS/c1-4-11-35-29(6-1)30-8-5-7-28(37(30)42-35)26-18-16-24(17-19-26)23-12-14-25(15-13-23)27-20-21-34-31(22-27)36-38(41-34)40-33-10-3-2-9-32(33)39-36/h1-22H. The van der Waals surface area contributed by atoms with Gasteiger partial charge in [0.25, 0.3) is 0 Å². The highest BCUT2D eigenvalue weighted by Gasteiger charge is 2.13. The molecule has 0 saturated heterocycles. The van der Waals surface area contributed by atoms with Crippen molar-refractivity contribution in [3.05, 3.63) is 133 Å². The Balaban J connectivity index is 1.04. The molecule has 3 heterocycles. The maximum atomic E-state index is 6.04. The van der Waals surface area contributed by atoms with E-state index in [-0.39, 0.29) is 0 Å². The molecule has 0 amide bonds. The molecule has 0 radical (unpaired) electrons. The number of furan rings is 1. The molecule has 0 aliphatic carbocycles. The van der Waals surface area contributed by atoms with Crippen LogP contribution in [0.4, 0.5) is 0 Å². The third-order valence-electron chi connectivity index (χ3n) is 8.13. The Morgan fingerprint density at radius 3 is 1.88 bits per heavy atom. The lowest BCUT2D eigenvalue weighted by molar-refractivity contribution is 0.655. The van der Waals surface area contributed by atoms with Crippen LogP contribution in [0.1, 0.15) is 0 Å². The van der Waals surface area contributed by atoms with Gasteiger partial charge in [-0.1, -0.05) is 103 Å². The lowest BCUT2D eigenvalue weighted by atomic mass is 9.97. The van der Waals surface area contributed by atoms with Crippen LogP contribution in [-0.4, -0.2) is 9.97 Å². The van der Waals surface area contributed by atoms with E-state index in [9.17, 15) is 0 Å². The van der Waals surface area contributed by atoms with Gasteiger partial charge >= 0.3 is 0 Å². The maximum absolute atomic E-state index is 6.04. The van der Waals surface area contributed by atoms with Crippen LogP contribution in [0.15, 0.2) is 138 Å². The van der Waals surface area contributed by atoms with Crippen LogP contribution in [0.3, 0.4) is 0 Å². The van der Waals surface area contributed by atoms with E-state index in [1.807, 2.05) is 41.7 Å². The number of rotatable bonds is 3. The molecule has 4 heteroatoms. The molecule has 0 N–H and O–H groups in total. The van der Waals surface area contributed by atoms with E-state index in [0.717, 1.165) is 38.6 Å². The number of fused-ring (bicyclic) bond motifs is 7. The molecule has 42 heavy (non-hydrogen) atoms. The van der Waals surface area contributed by atoms with Crippen molar-refractivity contribution in [3.63, 3.8) is 0 Å². The summed E-state index contributed by atoms with van der Waals surface area (Å²) >= 11 is 1.87. The predicted octanol–water partition coefficient (Wildman–Crippen LogP) is 10.9. The van der Waals surface area contributed by atoms with Crippen LogP contribution in [-0.2, 0) is 0 Å². The summed E-state index contributed by atoms with van der Waals surface area (Å²) in [5, 5.41) is 3.64. The molecule has 0 bridgehead atoms. The smallest absolute Gasteiger partial charge is 0.246 e. The van der Waals surface area contributed by atoms with Crippen LogP contribution < -0.4 is 0 Å². The summed E-state index contributed by atoms with van der Waals surface area (Å²) < 4.78 is 8.71. The number of hydrogen-bond acceptors (Lipinski definition) is 4. The van der Waals surface area contributed by atoms with Crippen LogP contribution in [0.5, 0.6) is 0 Å². The van der Waals surface area contributed by atoms with Gasteiger partial charge in [-0.2, -0.15) is 0 Å². The normalized spacial score (nSPS) is 11.8. The van der Waals surface area contributed by atoms with Crippen molar-refractivity contribution in [1.29, 1.82) is 0 Å². The lowest BCUT2D eigenvalue weighted by Gasteiger charge is -2.08. The van der Waals surface area contributed by atoms with Crippen molar-refractivity contribution in [1.82, 2.24) is 9.97 Å². The van der Waals surface area contributed by atoms with E-state index in [4.69, 9.17) is 9.40 Å². The van der Waals surface area contributed by atoms with Crippen LogP contribution in [0, 0.1) is 0 Å². The number of nitrogens with zero attached hydrogens (tertiary/aromatic N) is 2. The molecule has 9 aromatic rings. The van der Waals surface area contributed by atoms with Gasteiger partial charge in [0.15, 0.2) is 0 Å². The highest BCUT2D eigenvalue weighted by molar-refractivity contribution is 7.26. The van der Waals surface area contributed by atoms with Crippen molar-refractivity contribution >= 4 is 64.7 Å². The predicted molar refractivity (Wildman–Crippen MR) is 176 cm³/mol. The summed E-state index contributed by atoms with van der Waals surface area (Å²) in [5.41, 5.74) is 11.1. The van der Waals surface area contributed by atoms with E-state index in [1.165, 1.54) is 42.4 Å². The van der Waals surface area contributed by atoms with Crippen molar-refractivity contribution in [2.24, 2.45) is 0 Å². The second-order valence-electron chi connectivity index (χ2n) is 10.6. The molecule has 0 atom stereocenters. The number of para-hydroxylation sites is 2. The molecule has 0 aliphatic heterocycles. The maximum Gasteiger partial charge on any atom is 0.246 e. The van der Waals surface area contributed by atoms with Gasteiger partial charge in [0, 0.05) is 25.6 Å². The Labute approximate surface area is 245 Å². The second kappa shape index (κ2) is 9.10. The second-order valence-corrected chi connectivity index (χ2v) is 11.7. The Morgan fingerprint density at radius 2 is 1.10 bits per heavy atom. The third kappa shape index (κ3) is 3.66. The van der Waals surface area contributed by atoms with E-state index in [2.05, 4.69) is 108 Å². The molecule has 6 aromatic carbocycles. The number of hydrogen-bond donors (Lipinski definition) is 0. The Kier molecular flexibility index (Phi) is 5.07. The number of thiophene rings is 1. The third-order valence-corrected chi connectivity index (χ3v) is 9.35. The van der Waals surface area contributed by atoms with Gasteiger partial charge in [-0.3, -0.25) is 0 Å². The average Bonchev–Trinajstić information content (AvgIpc) is 3.61. The quantitative estimate of drug-likeness (QED) is 0.218. The Bertz CT molecular complexity index is 2450. The van der Waals surface area contributed by atoms with Crippen molar-refractivity contribution in [2.75, 3.05) is 0 Å². The minimum absolute atomic E-state index is 0.572. The monoisotopic (exact) mass is 554 g/mol. The summed E-state index contributed by atoms with van der Waals surface area (Å²) in [5.74, 6) is 0. The summed E-state index contributed by atoms with van der Waals surface area (Å²) in [7, 11) is 0. The molecule has 0 saturated carbocycles. The van der Waals surface area contributed by atoms with Crippen LogP contribution >= 0.6 is 11.3 Å². The van der Waals surface area contributed by atoms with E-state index in [0.29, 0.717) is 5.71 Å². The van der Waals surface area contributed by atoms with Gasteiger partial charge in [0.05, 0.1) is 11.0 Å². The Hall–Kier alpha value is -5.32. The van der Waals surface area contributed by atoms with E-state index in [1.54, 1.807) is 0 Å². The van der Waals surface area contributed by atoms with Crippen molar-refractivity contribution in [3.8, 4) is 33.4 Å². The minimum atomic E-state index is 0.572. The average molecular weight is 555 g/mol. The zero-order valence-electron chi connectivity index (χ0n) is 22.4. The largest absolute Gasteiger partial charge is 0.436 e. The molecule has 9 rings (SSSR count). The molecule has 0 aliphatic rings. The summed E-state index contributed by atoms with van der Waals surface area (Å²) in [4.78, 5) is 9.54. The van der Waals surface area contributed by atoms with Gasteiger partial charge in [-0.25, -0.2) is 9.97 Å². The van der Waals surface area contributed by atoms with Crippen LogP contribution in [0.25, 0.3) is 86.8 Å². The molecule has 0 unspecified atom stereocenters. The highest BCUT2D eigenvalue weighted by Crippen LogP contribution is 2.40. The van der Waals surface area contributed by atoms with E-state index < -0.39 is 0 Å². The first kappa shape index (κ1) is 23.4.